The average Bonchev–Trinajstić information content (AvgIpc) is 2.03. The summed E-state index contributed by atoms with van der Waals surface area (Å²) >= 11 is 0. The molecule has 0 aliphatic carbocycles. The molecule has 0 unspecified atom stereocenters. The van der Waals surface area contributed by atoms with Gasteiger partial charge < -0.3 is 4.90 Å². The van der Waals surface area contributed by atoms with Crippen LogP contribution in [-0.4, -0.2) is 11.9 Å². The van der Waals surface area contributed by atoms with Crippen LogP contribution in [0.1, 0.15) is 24.2 Å². The summed E-state index contributed by atoms with van der Waals surface area (Å²) in [6.45, 7) is 4.04. The molecule has 2 rings (SSSR count). The van der Waals surface area contributed by atoms with E-state index in [4.69, 9.17) is 0 Å². The van der Waals surface area contributed by atoms with Crippen molar-refractivity contribution in [2.45, 2.75) is 19.9 Å². The van der Waals surface area contributed by atoms with Crippen LogP contribution < -0.4 is 4.90 Å². The average molecular weight is 161 g/mol. The van der Waals surface area contributed by atoms with E-state index in [1.54, 1.807) is 0 Å². The summed E-state index contributed by atoms with van der Waals surface area (Å²) in [7, 11) is 0. The number of hydrogen-bond acceptors (Lipinski definition) is 1. The molecular formula is C10H11NO. The summed E-state index contributed by atoms with van der Waals surface area (Å²) in [5.74, 6) is 0.153. The number of rotatable bonds is 1. The van der Waals surface area contributed by atoms with Gasteiger partial charge in [-0.1, -0.05) is 12.1 Å². The molecule has 0 saturated carbocycles. The number of fused-ring (bicyclic) bond motifs is 1. The van der Waals surface area contributed by atoms with Crippen molar-refractivity contribution < 1.29 is 4.79 Å². The van der Waals surface area contributed by atoms with Crippen LogP contribution in [0, 0.1) is 0 Å². The quantitative estimate of drug-likeness (QED) is 0.617. The topological polar surface area (TPSA) is 20.3 Å². The third kappa shape index (κ3) is 0.779. The maximum absolute atomic E-state index is 11.4. The van der Waals surface area contributed by atoms with E-state index in [1.165, 1.54) is 0 Å². The summed E-state index contributed by atoms with van der Waals surface area (Å²) in [6, 6.07) is 7.98. The van der Waals surface area contributed by atoms with Crippen molar-refractivity contribution >= 4 is 11.6 Å². The molecule has 0 N–H and O–H groups in total. The Hall–Kier alpha value is -1.31. The molecule has 12 heavy (non-hydrogen) atoms. The minimum Gasteiger partial charge on any atom is -0.305 e. The SMILES string of the molecule is CC(C)N1C(=O)c2ccccc21. The lowest BCUT2D eigenvalue weighted by Gasteiger charge is -2.36. The van der Waals surface area contributed by atoms with E-state index < -0.39 is 0 Å². The highest BCUT2D eigenvalue weighted by Crippen LogP contribution is 2.33. The van der Waals surface area contributed by atoms with Gasteiger partial charge in [-0.05, 0) is 26.0 Å². The van der Waals surface area contributed by atoms with E-state index in [-0.39, 0.29) is 11.9 Å². The second kappa shape index (κ2) is 2.34. The van der Waals surface area contributed by atoms with Gasteiger partial charge in [-0.2, -0.15) is 0 Å². The lowest BCUT2D eigenvalue weighted by atomic mass is 10.0. The number of amides is 1. The molecule has 1 heterocycles. The van der Waals surface area contributed by atoms with Crippen molar-refractivity contribution in [3.63, 3.8) is 0 Å². The molecule has 1 aromatic carbocycles. The second-order valence-corrected chi connectivity index (χ2v) is 3.29. The number of hydrogen-bond donors (Lipinski definition) is 0. The molecule has 0 aromatic heterocycles. The predicted molar refractivity (Wildman–Crippen MR) is 48.4 cm³/mol. The van der Waals surface area contributed by atoms with Gasteiger partial charge in [-0.15, -0.1) is 0 Å². The molecule has 0 saturated heterocycles. The van der Waals surface area contributed by atoms with Crippen LogP contribution in [-0.2, 0) is 0 Å². The normalized spacial score (nSPS) is 14.6. The zero-order valence-corrected chi connectivity index (χ0v) is 7.24. The smallest absolute Gasteiger partial charge is 0.260 e. The lowest BCUT2D eigenvalue weighted by Crippen LogP contribution is -2.45. The number of benzene rings is 1. The Labute approximate surface area is 71.8 Å². The Morgan fingerprint density at radius 2 is 1.92 bits per heavy atom. The van der Waals surface area contributed by atoms with Crippen LogP contribution in [0.25, 0.3) is 0 Å². The molecule has 0 radical (unpaired) electrons. The number of carbonyl (C=O) groups excluding carboxylic acids is 1. The Morgan fingerprint density at radius 1 is 1.25 bits per heavy atom. The van der Waals surface area contributed by atoms with Crippen LogP contribution in [0.5, 0.6) is 0 Å². The fraction of sp³-hybridized carbons (Fsp3) is 0.300. The van der Waals surface area contributed by atoms with E-state index in [0.717, 1.165) is 11.3 Å². The standard InChI is InChI=1S/C10H11NO/c1-7(2)11-9-6-4-3-5-8(9)10(11)12/h3-7H,1-2H3. The zero-order valence-electron chi connectivity index (χ0n) is 7.24. The molecule has 2 heteroatoms. The van der Waals surface area contributed by atoms with Gasteiger partial charge in [0.25, 0.3) is 5.91 Å². The first-order valence-corrected chi connectivity index (χ1v) is 4.14. The van der Waals surface area contributed by atoms with Crippen LogP contribution in [0.15, 0.2) is 24.3 Å². The minimum absolute atomic E-state index is 0.153. The largest absolute Gasteiger partial charge is 0.305 e. The lowest BCUT2D eigenvalue weighted by molar-refractivity contribution is 0.0958. The third-order valence-corrected chi connectivity index (χ3v) is 2.13. The van der Waals surface area contributed by atoms with E-state index in [2.05, 4.69) is 0 Å². The highest BCUT2D eigenvalue weighted by molar-refractivity contribution is 6.19. The van der Waals surface area contributed by atoms with E-state index in [0.29, 0.717) is 0 Å². The highest BCUT2D eigenvalue weighted by Gasteiger charge is 2.33. The fourth-order valence-corrected chi connectivity index (χ4v) is 1.56. The first-order chi connectivity index (χ1) is 5.72. The third-order valence-electron chi connectivity index (χ3n) is 2.13. The molecule has 2 nitrogen and oxygen atoms in total. The number of anilines is 1. The van der Waals surface area contributed by atoms with Crippen molar-refractivity contribution in [2.24, 2.45) is 0 Å². The summed E-state index contributed by atoms with van der Waals surface area (Å²) in [5.41, 5.74) is 1.92. The molecule has 1 aromatic rings. The maximum Gasteiger partial charge on any atom is 0.260 e. The summed E-state index contributed by atoms with van der Waals surface area (Å²) in [5, 5.41) is 0. The fourth-order valence-electron chi connectivity index (χ4n) is 1.56. The first-order valence-electron chi connectivity index (χ1n) is 4.14. The molecule has 0 fully saturated rings. The predicted octanol–water partition coefficient (Wildman–Crippen LogP) is 2.06. The second-order valence-electron chi connectivity index (χ2n) is 3.29. The number of para-hydroxylation sites is 1. The number of carbonyl (C=O) groups is 1. The van der Waals surface area contributed by atoms with E-state index >= 15 is 0 Å². The van der Waals surface area contributed by atoms with Gasteiger partial charge in [0, 0.05) is 6.04 Å². The van der Waals surface area contributed by atoms with Crippen LogP contribution in [0.4, 0.5) is 5.69 Å². The van der Waals surface area contributed by atoms with Gasteiger partial charge in [0.2, 0.25) is 0 Å². The minimum atomic E-state index is 0.153. The van der Waals surface area contributed by atoms with Gasteiger partial charge in [-0.3, -0.25) is 4.79 Å². The monoisotopic (exact) mass is 161 g/mol. The van der Waals surface area contributed by atoms with E-state index in [9.17, 15) is 4.79 Å². The summed E-state index contributed by atoms with van der Waals surface area (Å²) in [6.07, 6.45) is 0. The maximum atomic E-state index is 11.4. The van der Waals surface area contributed by atoms with Gasteiger partial charge in [0.15, 0.2) is 0 Å². The molecule has 62 valence electrons. The Kier molecular flexibility index (Phi) is 1.43. The van der Waals surface area contributed by atoms with Crippen molar-refractivity contribution in [3.8, 4) is 0 Å². The van der Waals surface area contributed by atoms with Gasteiger partial charge >= 0.3 is 0 Å². The first kappa shape index (κ1) is 7.35. The molecule has 0 bridgehead atoms. The van der Waals surface area contributed by atoms with Gasteiger partial charge in [0.1, 0.15) is 0 Å². The summed E-state index contributed by atoms with van der Waals surface area (Å²) < 4.78 is 0. The van der Waals surface area contributed by atoms with Crippen LogP contribution >= 0.6 is 0 Å². The Bertz CT molecular complexity index is 330. The van der Waals surface area contributed by atoms with Gasteiger partial charge in [0.05, 0.1) is 11.3 Å². The van der Waals surface area contributed by atoms with Crippen LogP contribution in [0.3, 0.4) is 0 Å². The van der Waals surface area contributed by atoms with Gasteiger partial charge in [-0.25, -0.2) is 0 Å². The summed E-state index contributed by atoms with van der Waals surface area (Å²) in [4.78, 5) is 13.2. The Balaban J connectivity index is 2.44. The van der Waals surface area contributed by atoms with Crippen molar-refractivity contribution in [1.29, 1.82) is 0 Å². The Morgan fingerprint density at radius 3 is 2.58 bits per heavy atom. The molecular weight excluding hydrogens is 150 g/mol. The zero-order chi connectivity index (χ0) is 8.72. The molecule has 1 amide bonds. The van der Waals surface area contributed by atoms with Crippen molar-refractivity contribution in [1.82, 2.24) is 0 Å². The molecule has 1 aliphatic rings. The van der Waals surface area contributed by atoms with Crippen LogP contribution in [0.2, 0.25) is 0 Å². The molecule has 1 aliphatic heterocycles. The van der Waals surface area contributed by atoms with E-state index in [1.807, 2.05) is 43.0 Å². The van der Waals surface area contributed by atoms with Crippen molar-refractivity contribution in [3.05, 3.63) is 29.8 Å². The highest BCUT2D eigenvalue weighted by atomic mass is 16.2. The molecule has 0 atom stereocenters. The van der Waals surface area contributed by atoms with Crippen molar-refractivity contribution in [2.75, 3.05) is 4.90 Å². The number of nitrogens with zero attached hydrogens (tertiary/aromatic N) is 1. The molecule has 0 spiro atoms.